The molecular formula is C19H22ClN5S. The van der Waals surface area contributed by atoms with E-state index in [-0.39, 0.29) is 0 Å². The van der Waals surface area contributed by atoms with E-state index in [4.69, 9.17) is 21.7 Å². The summed E-state index contributed by atoms with van der Waals surface area (Å²) in [6.45, 7) is 6.06. The second kappa shape index (κ2) is 6.83. The topological polar surface area (TPSA) is 36.7 Å². The number of halogens is 1. The molecular weight excluding hydrogens is 366 g/mol. The van der Waals surface area contributed by atoms with Crippen LogP contribution in [0.1, 0.15) is 19.3 Å². The van der Waals surface area contributed by atoms with Crippen molar-refractivity contribution in [3.63, 3.8) is 0 Å². The molecule has 0 N–H and O–H groups in total. The third kappa shape index (κ3) is 3.21. The quantitative estimate of drug-likeness (QED) is 0.677. The van der Waals surface area contributed by atoms with E-state index in [1.54, 1.807) is 11.3 Å². The molecule has 1 aromatic carbocycles. The zero-order valence-corrected chi connectivity index (χ0v) is 16.2. The lowest BCUT2D eigenvalue weighted by atomic mass is 10.1. The monoisotopic (exact) mass is 387 g/mol. The fourth-order valence-corrected chi connectivity index (χ4v) is 5.11. The van der Waals surface area contributed by atoms with Crippen molar-refractivity contribution in [1.29, 1.82) is 0 Å². The molecule has 5 rings (SSSR count). The van der Waals surface area contributed by atoms with Crippen LogP contribution in [0.2, 0.25) is 5.02 Å². The maximum Gasteiger partial charge on any atom is 0.214 e. The molecule has 0 spiro atoms. The lowest BCUT2D eigenvalue weighted by Crippen LogP contribution is -2.29. The highest BCUT2D eigenvalue weighted by Gasteiger charge is 2.27. The van der Waals surface area contributed by atoms with E-state index in [1.165, 1.54) is 38.9 Å². The van der Waals surface area contributed by atoms with Crippen molar-refractivity contribution in [2.24, 2.45) is 5.92 Å². The highest BCUT2D eigenvalue weighted by atomic mass is 35.5. The number of aromatic nitrogens is 3. The first kappa shape index (κ1) is 16.5. The average Bonchev–Trinajstić information content (AvgIpc) is 3.39. The molecule has 0 aliphatic carbocycles. The third-order valence-electron chi connectivity index (χ3n) is 5.44. The van der Waals surface area contributed by atoms with Crippen LogP contribution in [0.3, 0.4) is 0 Å². The molecule has 2 aromatic heterocycles. The standard InChI is InChI=1S/C19H22ClN5S/c20-16-5-3-15(4-6-16)17-13-25-18(21-17)26-19(22-25)24-10-7-14(12-24)11-23-8-1-2-9-23/h3-6,13-14H,1-2,7-12H2. The van der Waals surface area contributed by atoms with Gasteiger partial charge >= 0.3 is 0 Å². The summed E-state index contributed by atoms with van der Waals surface area (Å²) in [6, 6.07) is 7.79. The predicted molar refractivity (Wildman–Crippen MR) is 107 cm³/mol. The largest absolute Gasteiger partial charge is 0.346 e. The molecule has 0 saturated carbocycles. The van der Waals surface area contributed by atoms with Crippen LogP contribution < -0.4 is 4.90 Å². The van der Waals surface area contributed by atoms with Gasteiger partial charge in [-0.3, -0.25) is 0 Å². The summed E-state index contributed by atoms with van der Waals surface area (Å²) in [7, 11) is 0. The predicted octanol–water partition coefficient (Wildman–Crippen LogP) is 4.03. The molecule has 2 fully saturated rings. The van der Waals surface area contributed by atoms with E-state index in [0.717, 1.165) is 45.4 Å². The van der Waals surface area contributed by atoms with E-state index in [9.17, 15) is 0 Å². The molecule has 4 heterocycles. The Morgan fingerprint density at radius 1 is 1.12 bits per heavy atom. The van der Waals surface area contributed by atoms with Gasteiger partial charge < -0.3 is 9.80 Å². The van der Waals surface area contributed by atoms with Crippen molar-refractivity contribution >= 4 is 33.0 Å². The average molecular weight is 388 g/mol. The second-order valence-corrected chi connectivity index (χ2v) is 8.72. The van der Waals surface area contributed by atoms with Crippen LogP contribution in [0.15, 0.2) is 30.5 Å². The Kier molecular flexibility index (Phi) is 4.35. The minimum absolute atomic E-state index is 0.743. The highest BCUT2D eigenvalue weighted by molar-refractivity contribution is 7.20. The van der Waals surface area contributed by atoms with Gasteiger partial charge in [0.25, 0.3) is 0 Å². The number of anilines is 1. The Balaban J connectivity index is 1.29. The molecule has 2 aliphatic rings. The van der Waals surface area contributed by atoms with E-state index in [1.807, 2.05) is 35.0 Å². The molecule has 3 aromatic rings. The zero-order valence-electron chi connectivity index (χ0n) is 14.6. The first-order chi connectivity index (χ1) is 12.7. The maximum atomic E-state index is 5.97. The van der Waals surface area contributed by atoms with Crippen molar-refractivity contribution < 1.29 is 0 Å². The van der Waals surface area contributed by atoms with Crippen LogP contribution in [0.4, 0.5) is 5.13 Å². The molecule has 0 bridgehead atoms. The number of fused-ring (bicyclic) bond motifs is 1. The Labute approximate surface area is 162 Å². The van der Waals surface area contributed by atoms with Gasteiger partial charge in [-0.2, -0.15) is 0 Å². The lowest BCUT2D eigenvalue weighted by Gasteiger charge is -2.20. The number of hydrogen-bond donors (Lipinski definition) is 0. The molecule has 7 heteroatoms. The molecule has 1 unspecified atom stereocenters. The molecule has 5 nitrogen and oxygen atoms in total. The van der Waals surface area contributed by atoms with Gasteiger partial charge in [0.2, 0.25) is 10.1 Å². The molecule has 2 saturated heterocycles. The summed E-state index contributed by atoms with van der Waals surface area (Å²) in [4.78, 5) is 10.8. The third-order valence-corrected chi connectivity index (χ3v) is 6.68. The number of hydrogen-bond acceptors (Lipinski definition) is 5. The van der Waals surface area contributed by atoms with Gasteiger partial charge in [0.05, 0.1) is 11.9 Å². The molecule has 0 amide bonds. The molecule has 1 atom stereocenters. The fraction of sp³-hybridized carbons (Fsp3) is 0.474. The number of likely N-dealkylation sites (tertiary alicyclic amines) is 1. The second-order valence-electron chi connectivity index (χ2n) is 7.35. The van der Waals surface area contributed by atoms with E-state index in [2.05, 4.69) is 9.80 Å². The van der Waals surface area contributed by atoms with E-state index >= 15 is 0 Å². The van der Waals surface area contributed by atoms with Crippen molar-refractivity contribution in [2.45, 2.75) is 19.3 Å². The van der Waals surface area contributed by atoms with Gasteiger partial charge in [-0.25, -0.2) is 9.50 Å². The number of nitrogens with zero attached hydrogens (tertiary/aromatic N) is 5. The number of imidazole rings is 1. The van der Waals surface area contributed by atoms with Crippen molar-refractivity contribution in [3.8, 4) is 11.3 Å². The Morgan fingerprint density at radius 2 is 1.92 bits per heavy atom. The first-order valence-corrected chi connectivity index (χ1v) is 10.5. The minimum Gasteiger partial charge on any atom is -0.346 e. The molecule has 2 aliphatic heterocycles. The summed E-state index contributed by atoms with van der Waals surface area (Å²) in [5.41, 5.74) is 2.01. The van der Waals surface area contributed by atoms with Crippen LogP contribution in [-0.4, -0.2) is 52.2 Å². The molecule has 26 heavy (non-hydrogen) atoms. The minimum atomic E-state index is 0.743. The number of benzene rings is 1. The van der Waals surface area contributed by atoms with Gasteiger partial charge in [-0.1, -0.05) is 35.1 Å². The van der Waals surface area contributed by atoms with Crippen LogP contribution in [0.5, 0.6) is 0 Å². The van der Waals surface area contributed by atoms with Gasteiger partial charge in [-0.05, 0) is 50.4 Å². The smallest absolute Gasteiger partial charge is 0.214 e. The maximum absolute atomic E-state index is 5.97. The van der Waals surface area contributed by atoms with Crippen molar-refractivity contribution in [1.82, 2.24) is 19.5 Å². The van der Waals surface area contributed by atoms with Crippen LogP contribution >= 0.6 is 22.9 Å². The number of rotatable bonds is 4. The Hall–Kier alpha value is -1.63. The Bertz CT molecular complexity index is 865. The highest BCUT2D eigenvalue weighted by Crippen LogP contribution is 2.31. The van der Waals surface area contributed by atoms with E-state index < -0.39 is 0 Å². The Morgan fingerprint density at radius 3 is 2.69 bits per heavy atom. The van der Waals surface area contributed by atoms with Crippen LogP contribution in [0, 0.1) is 5.92 Å². The molecule has 0 radical (unpaired) electrons. The summed E-state index contributed by atoms with van der Waals surface area (Å²) >= 11 is 7.66. The summed E-state index contributed by atoms with van der Waals surface area (Å²) in [5.74, 6) is 0.772. The SMILES string of the molecule is Clc1ccc(-c2cn3nc(N4CCC(CN5CCCC5)C4)sc3n2)cc1. The van der Waals surface area contributed by atoms with E-state index in [0.29, 0.717) is 0 Å². The normalized spacial score (nSPS) is 21.3. The summed E-state index contributed by atoms with van der Waals surface area (Å²) < 4.78 is 1.91. The lowest BCUT2D eigenvalue weighted by molar-refractivity contribution is 0.289. The van der Waals surface area contributed by atoms with Crippen molar-refractivity contribution in [2.75, 3.05) is 37.6 Å². The van der Waals surface area contributed by atoms with Gasteiger partial charge in [0.15, 0.2) is 0 Å². The van der Waals surface area contributed by atoms with Crippen LogP contribution in [0.25, 0.3) is 16.2 Å². The van der Waals surface area contributed by atoms with Crippen molar-refractivity contribution in [3.05, 3.63) is 35.5 Å². The van der Waals surface area contributed by atoms with Gasteiger partial charge in [-0.15, -0.1) is 5.10 Å². The summed E-state index contributed by atoms with van der Waals surface area (Å²) in [6.07, 6.45) is 6.02. The summed E-state index contributed by atoms with van der Waals surface area (Å²) in [5, 5.41) is 6.62. The van der Waals surface area contributed by atoms with Gasteiger partial charge in [0.1, 0.15) is 0 Å². The van der Waals surface area contributed by atoms with Crippen LogP contribution in [-0.2, 0) is 0 Å². The fourth-order valence-electron chi connectivity index (χ4n) is 4.06. The van der Waals surface area contributed by atoms with Gasteiger partial charge in [0, 0.05) is 30.2 Å². The molecule has 136 valence electrons. The zero-order chi connectivity index (χ0) is 17.5. The first-order valence-electron chi connectivity index (χ1n) is 9.34.